The largest absolute Gasteiger partial charge is 0.496 e. The Morgan fingerprint density at radius 3 is 2.32 bits per heavy atom. The molecule has 0 N–H and O–H groups in total. The van der Waals surface area contributed by atoms with E-state index in [-0.39, 0.29) is 13.1 Å². The number of nitrogens with zero attached hydrogens (tertiary/aromatic N) is 2. The zero-order valence-corrected chi connectivity index (χ0v) is 22.4. The summed E-state index contributed by atoms with van der Waals surface area (Å²) in [6.45, 7) is -0.571. The summed E-state index contributed by atoms with van der Waals surface area (Å²) in [6.07, 6.45) is -0.971. The Balaban J connectivity index is 2.21. The minimum atomic E-state index is -4.44. The highest BCUT2D eigenvalue weighted by Crippen LogP contribution is 2.43. The van der Waals surface area contributed by atoms with Crippen molar-refractivity contribution in [2.45, 2.75) is 17.7 Å². The van der Waals surface area contributed by atoms with Gasteiger partial charge in [0.1, 0.15) is 16.4 Å². The van der Waals surface area contributed by atoms with Crippen LogP contribution in [0, 0.1) is 10.1 Å². The molecule has 0 unspecified atom stereocenters. The zero-order chi connectivity index (χ0) is 27.3. The van der Waals surface area contributed by atoms with Crippen molar-refractivity contribution in [2.24, 2.45) is 0 Å². The first-order valence-electron chi connectivity index (χ1n) is 10.7. The second-order valence-corrected chi connectivity index (χ2v) is 10.5. The predicted octanol–water partition coefficient (Wildman–Crippen LogP) is 3.42. The second-order valence-electron chi connectivity index (χ2n) is 7.54. The number of carbonyl (C=O) groups excluding carboxylic acids is 1. The van der Waals surface area contributed by atoms with Gasteiger partial charge >= 0.3 is 5.97 Å². The van der Waals surface area contributed by atoms with E-state index < -0.39 is 37.8 Å². The molecule has 0 fully saturated rings. The van der Waals surface area contributed by atoms with Gasteiger partial charge in [0.2, 0.25) is 10.0 Å². The second kappa shape index (κ2) is 11.8. The molecular weight excluding hydrogens is 528 g/mol. The standard InChI is InChI=1S/C23H26N2O10S2/c1-31-17-10-14(21(34-4)15-11-18(23(26)35-5)36-22(15)17)12-24(13-20(32-2)33-3)37(29,30)19-9-7-6-8-16(19)25(27)28/h6-11,20H,12-13H2,1-5H3. The summed E-state index contributed by atoms with van der Waals surface area (Å²) in [7, 11) is 2.37. The van der Waals surface area contributed by atoms with Gasteiger partial charge in [-0.2, -0.15) is 4.31 Å². The molecule has 1 aromatic heterocycles. The Morgan fingerprint density at radius 1 is 1.08 bits per heavy atom. The molecule has 200 valence electrons. The van der Waals surface area contributed by atoms with Gasteiger partial charge in [0.25, 0.3) is 5.69 Å². The van der Waals surface area contributed by atoms with E-state index in [9.17, 15) is 23.3 Å². The SMILES string of the molecule is COC(=O)c1cc2c(OC)c(CN(CC(OC)OC)S(=O)(=O)c3ccccc3[N+](=O)[O-])cc(OC)c2s1. The van der Waals surface area contributed by atoms with Gasteiger partial charge in [-0.25, -0.2) is 13.2 Å². The third-order valence-electron chi connectivity index (χ3n) is 5.51. The van der Waals surface area contributed by atoms with Gasteiger partial charge < -0.3 is 23.7 Å². The highest BCUT2D eigenvalue weighted by atomic mass is 32.2. The summed E-state index contributed by atoms with van der Waals surface area (Å²) in [5.74, 6) is 0.135. The Bertz CT molecular complexity index is 1400. The minimum Gasteiger partial charge on any atom is -0.496 e. The van der Waals surface area contributed by atoms with Crippen LogP contribution in [0.1, 0.15) is 15.2 Å². The molecule has 0 bridgehead atoms. The summed E-state index contributed by atoms with van der Waals surface area (Å²) in [6, 6.07) is 8.23. The average Bonchev–Trinajstić information content (AvgIpc) is 3.35. The number of hydrogen-bond donors (Lipinski definition) is 0. The van der Waals surface area contributed by atoms with E-state index in [1.807, 2.05) is 0 Å². The first-order valence-corrected chi connectivity index (χ1v) is 12.9. The highest BCUT2D eigenvalue weighted by molar-refractivity contribution is 7.89. The van der Waals surface area contributed by atoms with Crippen molar-refractivity contribution in [2.75, 3.05) is 42.1 Å². The van der Waals surface area contributed by atoms with Crippen LogP contribution in [0.15, 0.2) is 41.3 Å². The van der Waals surface area contributed by atoms with Gasteiger partial charge in [-0.3, -0.25) is 10.1 Å². The lowest BCUT2D eigenvalue weighted by Crippen LogP contribution is -2.38. The molecule has 1 heterocycles. The van der Waals surface area contributed by atoms with Gasteiger partial charge in [0.05, 0.1) is 37.5 Å². The van der Waals surface area contributed by atoms with E-state index in [2.05, 4.69) is 0 Å². The van der Waals surface area contributed by atoms with Gasteiger partial charge in [0.15, 0.2) is 11.2 Å². The van der Waals surface area contributed by atoms with Gasteiger partial charge in [-0.05, 0) is 18.2 Å². The molecule has 0 aliphatic rings. The summed E-state index contributed by atoms with van der Waals surface area (Å²) in [4.78, 5) is 22.8. The molecular formula is C23H26N2O10S2. The Morgan fingerprint density at radius 2 is 1.76 bits per heavy atom. The Kier molecular flexibility index (Phi) is 9.04. The van der Waals surface area contributed by atoms with Crippen LogP contribution in [0.4, 0.5) is 5.69 Å². The fourth-order valence-corrected chi connectivity index (χ4v) is 6.36. The van der Waals surface area contributed by atoms with Crippen LogP contribution in [-0.2, 0) is 30.8 Å². The number of methoxy groups -OCH3 is 5. The van der Waals surface area contributed by atoms with Crippen LogP contribution in [0.5, 0.6) is 11.5 Å². The lowest BCUT2D eigenvalue weighted by atomic mass is 10.1. The Hall–Kier alpha value is -3.30. The van der Waals surface area contributed by atoms with Crippen LogP contribution in [0.2, 0.25) is 0 Å². The number of fused-ring (bicyclic) bond motifs is 1. The van der Waals surface area contributed by atoms with E-state index in [1.54, 1.807) is 12.1 Å². The predicted molar refractivity (Wildman–Crippen MR) is 135 cm³/mol. The molecule has 3 rings (SSSR count). The number of thiophene rings is 1. The van der Waals surface area contributed by atoms with Crippen molar-refractivity contribution in [1.82, 2.24) is 4.31 Å². The van der Waals surface area contributed by atoms with Crippen LogP contribution >= 0.6 is 11.3 Å². The van der Waals surface area contributed by atoms with Crippen LogP contribution in [-0.4, -0.2) is 72.0 Å². The maximum atomic E-state index is 13.8. The van der Waals surface area contributed by atoms with E-state index >= 15 is 0 Å². The molecule has 0 atom stereocenters. The lowest BCUT2D eigenvalue weighted by Gasteiger charge is -2.26. The number of sulfonamides is 1. The maximum absolute atomic E-state index is 13.8. The topological polar surface area (TPSA) is 144 Å². The van der Waals surface area contributed by atoms with Crippen molar-refractivity contribution in [3.8, 4) is 11.5 Å². The van der Waals surface area contributed by atoms with Crippen molar-refractivity contribution in [1.29, 1.82) is 0 Å². The van der Waals surface area contributed by atoms with E-state index in [0.717, 1.165) is 27.8 Å². The van der Waals surface area contributed by atoms with Crippen LogP contribution in [0.25, 0.3) is 10.1 Å². The number of nitro benzene ring substituents is 1. The fraction of sp³-hybridized carbons (Fsp3) is 0.348. The number of para-hydroxylation sites is 1. The number of ether oxygens (including phenoxy) is 5. The monoisotopic (exact) mass is 554 g/mol. The number of benzene rings is 2. The number of nitro groups is 1. The maximum Gasteiger partial charge on any atom is 0.348 e. The first-order chi connectivity index (χ1) is 17.6. The van der Waals surface area contributed by atoms with E-state index in [4.69, 9.17) is 23.7 Å². The number of carbonyl (C=O) groups is 1. The summed E-state index contributed by atoms with van der Waals surface area (Å²) in [5.41, 5.74) is -0.186. The molecule has 0 saturated carbocycles. The summed E-state index contributed by atoms with van der Waals surface area (Å²) in [5, 5.41) is 12.1. The van der Waals surface area contributed by atoms with Crippen molar-refractivity contribution < 1.29 is 41.8 Å². The zero-order valence-electron chi connectivity index (χ0n) is 20.7. The van der Waals surface area contributed by atoms with Crippen molar-refractivity contribution >= 4 is 43.1 Å². The quantitative estimate of drug-likeness (QED) is 0.141. The first kappa shape index (κ1) is 28.3. The lowest BCUT2D eigenvalue weighted by molar-refractivity contribution is -0.387. The molecule has 0 saturated heterocycles. The molecule has 0 aliphatic heterocycles. The number of esters is 1. The van der Waals surface area contributed by atoms with Gasteiger partial charge in [-0.1, -0.05) is 12.1 Å². The molecule has 0 spiro atoms. The molecule has 0 amide bonds. The minimum absolute atomic E-state index is 0.281. The van der Waals surface area contributed by atoms with Gasteiger partial charge in [0, 0.05) is 37.8 Å². The normalized spacial score (nSPS) is 11.8. The number of hydrogen-bond acceptors (Lipinski definition) is 11. The van der Waals surface area contributed by atoms with Crippen LogP contribution < -0.4 is 9.47 Å². The number of rotatable bonds is 12. The molecule has 0 radical (unpaired) electrons. The Labute approximate surface area is 217 Å². The van der Waals surface area contributed by atoms with Crippen molar-refractivity contribution in [3.05, 3.63) is 57.0 Å². The third-order valence-corrected chi connectivity index (χ3v) is 8.50. The molecule has 3 aromatic rings. The smallest absolute Gasteiger partial charge is 0.348 e. The molecule has 12 nitrogen and oxygen atoms in total. The van der Waals surface area contributed by atoms with Crippen molar-refractivity contribution in [3.63, 3.8) is 0 Å². The third kappa shape index (κ3) is 5.67. The molecule has 37 heavy (non-hydrogen) atoms. The van der Waals surface area contributed by atoms with Crippen LogP contribution in [0.3, 0.4) is 0 Å². The van der Waals surface area contributed by atoms with Gasteiger partial charge in [-0.15, -0.1) is 11.3 Å². The molecule has 14 heteroatoms. The molecule has 0 aliphatic carbocycles. The average molecular weight is 555 g/mol. The van der Waals surface area contributed by atoms with E-state index in [0.29, 0.717) is 32.0 Å². The fourth-order valence-electron chi connectivity index (χ4n) is 3.73. The highest BCUT2D eigenvalue weighted by Gasteiger charge is 2.34. The molecule has 2 aromatic carbocycles. The summed E-state index contributed by atoms with van der Waals surface area (Å²) >= 11 is 1.14. The summed E-state index contributed by atoms with van der Waals surface area (Å²) < 4.78 is 55.5. The van der Waals surface area contributed by atoms with E-state index in [1.165, 1.54) is 47.7 Å².